The Bertz CT molecular complexity index is 388. The summed E-state index contributed by atoms with van der Waals surface area (Å²) >= 11 is 0. The Labute approximate surface area is 109 Å². The van der Waals surface area contributed by atoms with E-state index in [0.29, 0.717) is 12.5 Å². The van der Waals surface area contributed by atoms with Crippen LogP contribution in [0.3, 0.4) is 0 Å². The van der Waals surface area contributed by atoms with E-state index >= 15 is 0 Å². The first kappa shape index (κ1) is 14.7. The zero-order chi connectivity index (χ0) is 13.7. The smallest absolute Gasteiger partial charge is 0.244 e. The summed E-state index contributed by atoms with van der Waals surface area (Å²) in [6.07, 6.45) is 4.51. The Morgan fingerprint density at radius 1 is 1.56 bits per heavy atom. The van der Waals surface area contributed by atoms with Crippen LogP contribution in [0.5, 0.6) is 0 Å². The molecule has 1 aromatic heterocycles. The Hall–Kier alpha value is -1.36. The van der Waals surface area contributed by atoms with Crippen LogP contribution in [0.4, 0.5) is 0 Å². The molecule has 2 N–H and O–H groups in total. The number of carbonyl (C=O) groups excluding carboxylic acids is 1. The Morgan fingerprint density at radius 3 is 2.67 bits per heavy atom. The van der Waals surface area contributed by atoms with E-state index < -0.39 is 6.04 Å². The minimum absolute atomic E-state index is 0.0224. The molecule has 1 rings (SSSR count). The largest absolute Gasteiger partial charge is 0.341 e. The molecule has 0 radical (unpaired) electrons. The van der Waals surface area contributed by atoms with Crippen LogP contribution in [0.2, 0.25) is 0 Å². The maximum Gasteiger partial charge on any atom is 0.244 e. The van der Waals surface area contributed by atoms with Crippen molar-refractivity contribution in [3.8, 4) is 0 Å². The lowest BCUT2D eigenvalue weighted by molar-refractivity contribution is -0.133. The van der Waals surface area contributed by atoms with Crippen LogP contribution in [0, 0.1) is 5.92 Å². The average Bonchev–Trinajstić information content (AvgIpc) is 2.80. The van der Waals surface area contributed by atoms with E-state index in [4.69, 9.17) is 5.73 Å². The van der Waals surface area contributed by atoms with Crippen LogP contribution in [-0.4, -0.2) is 33.7 Å². The third-order valence-corrected chi connectivity index (χ3v) is 3.27. The Morgan fingerprint density at radius 2 is 2.22 bits per heavy atom. The second-order valence-corrected chi connectivity index (χ2v) is 4.82. The number of nitrogens with zero attached hydrogens (tertiary/aromatic N) is 3. The summed E-state index contributed by atoms with van der Waals surface area (Å²) in [4.78, 5) is 14.1. The molecule has 0 aliphatic rings. The van der Waals surface area contributed by atoms with Gasteiger partial charge in [0.25, 0.3) is 0 Å². The lowest BCUT2D eigenvalue weighted by Gasteiger charge is -2.26. The monoisotopic (exact) mass is 252 g/mol. The van der Waals surface area contributed by atoms with E-state index in [1.54, 1.807) is 17.1 Å². The first-order chi connectivity index (χ1) is 8.49. The molecule has 0 fully saturated rings. The molecule has 0 aromatic carbocycles. The average molecular weight is 252 g/mol. The molecule has 18 heavy (non-hydrogen) atoms. The number of hydrogen-bond donors (Lipinski definition) is 1. The normalized spacial score (nSPS) is 14.3. The predicted molar refractivity (Wildman–Crippen MR) is 71.8 cm³/mol. The Kier molecular flexibility index (Phi) is 5.34. The van der Waals surface area contributed by atoms with Gasteiger partial charge in [0.1, 0.15) is 6.04 Å². The predicted octanol–water partition coefficient (Wildman–Crippen LogP) is 1.31. The Balaban J connectivity index is 2.71. The lowest BCUT2D eigenvalue weighted by atomic mass is 10.1. The SMILES string of the molecule is CCC(C)CN(CC)C(=O)C(N)c1cnn(C)c1. The van der Waals surface area contributed by atoms with Gasteiger partial charge in [-0.25, -0.2) is 0 Å². The van der Waals surface area contributed by atoms with E-state index in [1.165, 1.54) is 0 Å². The molecule has 1 amide bonds. The number of aromatic nitrogens is 2. The van der Waals surface area contributed by atoms with Crippen LogP contribution < -0.4 is 5.73 Å². The summed E-state index contributed by atoms with van der Waals surface area (Å²) in [5.74, 6) is 0.473. The molecule has 0 saturated heterocycles. The molecule has 102 valence electrons. The zero-order valence-electron chi connectivity index (χ0n) is 11.8. The maximum absolute atomic E-state index is 12.3. The van der Waals surface area contributed by atoms with Gasteiger partial charge < -0.3 is 10.6 Å². The van der Waals surface area contributed by atoms with E-state index in [-0.39, 0.29) is 5.91 Å². The standard InChI is InChI=1S/C13H24N4O/c1-5-10(3)8-17(6-2)13(18)12(14)11-7-15-16(4)9-11/h7,9-10,12H,5-6,8,14H2,1-4H3. The van der Waals surface area contributed by atoms with Crippen molar-refractivity contribution >= 4 is 5.91 Å². The van der Waals surface area contributed by atoms with Crippen molar-refractivity contribution < 1.29 is 4.79 Å². The molecule has 1 heterocycles. The quantitative estimate of drug-likeness (QED) is 0.830. The lowest BCUT2D eigenvalue weighted by Crippen LogP contribution is -2.40. The molecule has 2 atom stereocenters. The van der Waals surface area contributed by atoms with E-state index in [0.717, 1.165) is 18.5 Å². The highest BCUT2D eigenvalue weighted by atomic mass is 16.2. The van der Waals surface area contributed by atoms with E-state index in [2.05, 4.69) is 18.9 Å². The molecule has 5 nitrogen and oxygen atoms in total. The first-order valence-electron chi connectivity index (χ1n) is 6.52. The summed E-state index contributed by atoms with van der Waals surface area (Å²) < 4.78 is 1.66. The molecule has 2 unspecified atom stereocenters. The third kappa shape index (κ3) is 3.57. The van der Waals surface area contributed by atoms with Gasteiger partial charge in [0.2, 0.25) is 5.91 Å². The highest BCUT2D eigenvalue weighted by molar-refractivity contribution is 5.82. The molecule has 0 spiro atoms. The van der Waals surface area contributed by atoms with E-state index in [1.807, 2.05) is 18.9 Å². The fourth-order valence-corrected chi connectivity index (χ4v) is 1.82. The summed E-state index contributed by atoms with van der Waals surface area (Å²) in [7, 11) is 1.82. The summed E-state index contributed by atoms with van der Waals surface area (Å²) in [6, 6.07) is -0.609. The third-order valence-electron chi connectivity index (χ3n) is 3.27. The molecular formula is C13H24N4O. The van der Waals surface area contributed by atoms with Crippen molar-refractivity contribution in [2.24, 2.45) is 18.7 Å². The van der Waals surface area contributed by atoms with Crippen molar-refractivity contribution in [2.75, 3.05) is 13.1 Å². The highest BCUT2D eigenvalue weighted by Gasteiger charge is 2.23. The molecule has 5 heteroatoms. The number of hydrogen-bond acceptors (Lipinski definition) is 3. The molecule has 0 aliphatic carbocycles. The zero-order valence-corrected chi connectivity index (χ0v) is 11.8. The van der Waals surface area contributed by atoms with Gasteiger partial charge in [-0.15, -0.1) is 0 Å². The summed E-state index contributed by atoms with van der Waals surface area (Å²) in [5, 5.41) is 4.05. The van der Waals surface area contributed by atoms with Crippen molar-refractivity contribution in [1.29, 1.82) is 0 Å². The van der Waals surface area contributed by atoms with Gasteiger partial charge in [-0.2, -0.15) is 5.10 Å². The van der Waals surface area contributed by atoms with Gasteiger partial charge in [-0.1, -0.05) is 20.3 Å². The van der Waals surface area contributed by atoms with Crippen LogP contribution >= 0.6 is 0 Å². The molecule has 0 aliphatic heterocycles. The molecular weight excluding hydrogens is 228 g/mol. The van der Waals surface area contributed by atoms with Gasteiger partial charge in [0.05, 0.1) is 6.20 Å². The van der Waals surface area contributed by atoms with Gasteiger partial charge in [-0.3, -0.25) is 9.48 Å². The van der Waals surface area contributed by atoms with Crippen LogP contribution in [0.25, 0.3) is 0 Å². The van der Waals surface area contributed by atoms with Crippen LogP contribution in [0.15, 0.2) is 12.4 Å². The molecule has 0 bridgehead atoms. The van der Waals surface area contributed by atoms with Gasteiger partial charge in [0.15, 0.2) is 0 Å². The van der Waals surface area contributed by atoms with Gasteiger partial charge in [0, 0.05) is 31.9 Å². The van der Waals surface area contributed by atoms with Crippen LogP contribution in [0.1, 0.15) is 38.8 Å². The van der Waals surface area contributed by atoms with Crippen LogP contribution in [-0.2, 0) is 11.8 Å². The van der Waals surface area contributed by atoms with Gasteiger partial charge in [-0.05, 0) is 12.8 Å². The number of likely N-dealkylation sites (N-methyl/N-ethyl adjacent to an activating group) is 1. The number of aryl methyl sites for hydroxylation is 1. The van der Waals surface area contributed by atoms with Crippen molar-refractivity contribution in [1.82, 2.24) is 14.7 Å². The minimum atomic E-state index is -0.609. The first-order valence-corrected chi connectivity index (χ1v) is 6.52. The topological polar surface area (TPSA) is 64.2 Å². The fourth-order valence-electron chi connectivity index (χ4n) is 1.82. The second-order valence-electron chi connectivity index (χ2n) is 4.82. The minimum Gasteiger partial charge on any atom is -0.341 e. The van der Waals surface area contributed by atoms with E-state index in [9.17, 15) is 4.79 Å². The maximum atomic E-state index is 12.3. The second kappa shape index (κ2) is 6.54. The summed E-state index contributed by atoms with van der Waals surface area (Å²) in [6.45, 7) is 7.71. The number of carbonyl (C=O) groups is 1. The number of rotatable bonds is 6. The van der Waals surface area contributed by atoms with Crippen molar-refractivity contribution in [3.05, 3.63) is 18.0 Å². The highest BCUT2D eigenvalue weighted by Crippen LogP contribution is 2.14. The molecule has 1 aromatic rings. The van der Waals surface area contributed by atoms with Gasteiger partial charge >= 0.3 is 0 Å². The summed E-state index contributed by atoms with van der Waals surface area (Å²) in [5.41, 5.74) is 6.77. The van der Waals surface area contributed by atoms with Crippen molar-refractivity contribution in [2.45, 2.75) is 33.2 Å². The number of amides is 1. The number of nitrogens with two attached hydrogens (primary N) is 1. The van der Waals surface area contributed by atoms with Crippen molar-refractivity contribution in [3.63, 3.8) is 0 Å². The fraction of sp³-hybridized carbons (Fsp3) is 0.692. The molecule has 0 saturated carbocycles.